The highest BCUT2D eigenvalue weighted by atomic mass is 19.4. The quantitative estimate of drug-likeness (QED) is 0.0211. The average Bonchev–Trinajstić information content (AvgIpc) is 3.17. The Labute approximate surface area is 348 Å². The third-order valence-corrected chi connectivity index (χ3v) is 7.51. The molecule has 0 N–H and O–H groups in total. The van der Waals surface area contributed by atoms with Crippen molar-refractivity contribution >= 4 is 11.8 Å². The SMILES string of the molecule is C=CC(=O)COCOCCOCCOC(C)OC(CCCCC(COCC(F)(F)C(F)(F)F)OC(C)OCCCOC(C)OCCOC(=O)C=C)COCC(F)(F)C(F)(F)F. The van der Waals surface area contributed by atoms with Gasteiger partial charge in [-0.25, -0.2) is 4.79 Å². The highest BCUT2D eigenvalue weighted by molar-refractivity contribution is 5.90. The minimum absolute atomic E-state index is 0.00271. The van der Waals surface area contributed by atoms with Gasteiger partial charge in [0, 0.05) is 6.08 Å². The van der Waals surface area contributed by atoms with Crippen LogP contribution in [0, 0.1) is 0 Å². The normalized spacial score (nSPS) is 15.2. The van der Waals surface area contributed by atoms with Gasteiger partial charge in [-0.1, -0.05) is 26.0 Å². The zero-order valence-corrected chi connectivity index (χ0v) is 34.4. The van der Waals surface area contributed by atoms with E-state index in [2.05, 4.69) is 22.6 Å². The summed E-state index contributed by atoms with van der Waals surface area (Å²) < 4.78 is 193. The Morgan fingerprint density at radius 2 is 0.967 bits per heavy atom. The molecule has 0 aliphatic heterocycles. The lowest BCUT2D eigenvalue weighted by Gasteiger charge is -2.26. The number of ether oxygens (including phenoxy) is 12. The third-order valence-electron chi connectivity index (χ3n) is 7.51. The van der Waals surface area contributed by atoms with Crippen molar-refractivity contribution in [2.75, 3.05) is 92.7 Å². The van der Waals surface area contributed by atoms with Gasteiger partial charge in [-0.3, -0.25) is 4.79 Å². The molecule has 0 bridgehead atoms. The van der Waals surface area contributed by atoms with Crippen LogP contribution in [0.3, 0.4) is 0 Å². The van der Waals surface area contributed by atoms with E-state index >= 15 is 0 Å². The molecule has 0 heterocycles. The summed E-state index contributed by atoms with van der Waals surface area (Å²) in [4.78, 5) is 22.1. The number of unbranched alkanes of at least 4 members (excludes halogenated alkanes) is 1. The summed E-state index contributed by atoms with van der Waals surface area (Å²) >= 11 is 0. The zero-order chi connectivity index (χ0) is 46.4. The van der Waals surface area contributed by atoms with Gasteiger partial charge in [0.15, 0.2) is 24.7 Å². The van der Waals surface area contributed by atoms with E-state index in [0.717, 1.165) is 12.2 Å². The first-order valence-corrected chi connectivity index (χ1v) is 19.0. The monoisotopic (exact) mass is 916 g/mol. The first kappa shape index (κ1) is 58.5. The van der Waals surface area contributed by atoms with Gasteiger partial charge in [-0.15, -0.1) is 0 Å². The number of hydrogen-bond acceptors (Lipinski definition) is 14. The molecule has 0 saturated carbocycles. The van der Waals surface area contributed by atoms with Crippen molar-refractivity contribution in [3.05, 3.63) is 25.3 Å². The van der Waals surface area contributed by atoms with Crippen molar-refractivity contribution < 1.29 is 110 Å². The Balaban J connectivity index is 5.12. The second-order valence-corrected chi connectivity index (χ2v) is 12.8. The average molecular weight is 917 g/mol. The molecule has 0 aliphatic rings. The molecule has 0 spiro atoms. The molecule has 0 fully saturated rings. The van der Waals surface area contributed by atoms with Gasteiger partial charge in [0.1, 0.15) is 33.2 Å². The molecule has 24 heteroatoms. The number of halogens is 10. The largest absolute Gasteiger partial charge is 0.460 e. The van der Waals surface area contributed by atoms with Crippen LogP contribution in [0.25, 0.3) is 0 Å². The van der Waals surface area contributed by atoms with E-state index in [9.17, 15) is 53.5 Å². The molecule has 0 aromatic rings. The predicted octanol–water partition coefficient (Wildman–Crippen LogP) is 6.73. The number of alkyl halides is 10. The highest BCUT2D eigenvalue weighted by Crippen LogP contribution is 2.36. The summed E-state index contributed by atoms with van der Waals surface area (Å²) in [6, 6.07) is 0. The van der Waals surface area contributed by atoms with Crippen molar-refractivity contribution in [1.29, 1.82) is 0 Å². The van der Waals surface area contributed by atoms with Gasteiger partial charge < -0.3 is 56.8 Å². The fraction of sp³-hybridized carbons (Fsp3) is 0.838. The van der Waals surface area contributed by atoms with Gasteiger partial charge >= 0.3 is 30.2 Å². The number of carbonyl (C=O) groups excluding carboxylic acids is 2. The Morgan fingerprint density at radius 3 is 1.46 bits per heavy atom. The molecule has 0 aromatic heterocycles. The lowest BCUT2D eigenvalue weighted by atomic mass is 10.1. The number of rotatable bonds is 40. The molecule has 61 heavy (non-hydrogen) atoms. The Morgan fingerprint density at radius 1 is 0.525 bits per heavy atom. The summed E-state index contributed by atoms with van der Waals surface area (Å²) in [5.41, 5.74) is 0. The van der Waals surface area contributed by atoms with Crippen LogP contribution < -0.4 is 0 Å². The lowest BCUT2D eigenvalue weighted by Crippen LogP contribution is -2.41. The molecule has 5 atom stereocenters. The summed E-state index contributed by atoms with van der Waals surface area (Å²) in [5.74, 6) is -11.2. The standard InChI is InChI=1S/C37H58F10O14/c1-6-30(48)21-54-26-51-16-15-50-17-18-58-29(5)61-32(23-53-25-35(40,41)37(45,46)47)12-9-8-11-31(22-52-24-34(38,39)36(42,43)44)60-28(4)56-14-10-13-55-27(3)57-19-20-59-33(49)7-2/h6-7,27-29,31-32H,1-2,8-26H2,3-5H3. The molecule has 0 radical (unpaired) electrons. The number of ketones is 1. The van der Waals surface area contributed by atoms with Crippen molar-refractivity contribution in [1.82, 2.24) is 0 Å². The van der Waals surface area contributed by atoms with E-state index in [4.69, 9.17) is 47.4 Å². The highest BCUT2D eigenvalue weighted by Gasteiger charge is 2.58. The van der Waals surface area contributed by atoms with Crippen molar-refractivity contribution in [2.24, 2.45) is 0 Å². The molecule has 5 unspecified atom stereocenters. The third kappa shape index (κ3) is 30.2. The van der Waals surface area contributed by atoms with Crippen LogP contribution in [-0.4, -0.2) is 160 Å². The molecule has 0 saturated heterocycles. The van der Waals surface area contributed by atoms with E-state index in [1.807, 2.05) is 0 Å². The summed E-state index contributed by atoms with van der Waals surface area (Å²) in [7, 11) is 0. The van der Waals surface area contributed by atoms with Gasteiger partial charge in [0.05, 0.1) is 71.7 Å². The molecular formula is C37H58F10O14. The van der Waals surface area contributed by atoms with Crippen molar-refractivity contribution in [2.45, 2.75) is 108 Å². The Bertz CT molecular complexity index is 1180. The molecule has 0 aliphatic carbocycles. The molecule has 0 aromatic carbocycles. The summed E-state index contributed by atoms with van der Waals surface area (Å²) in [5, 5.41) is 0. The van der Waals surface area contributed by atoms with Crippen LogP contribution in [0.5, 0.6) is 0 Å². The van der Waals surface area contributed by atoms with Crippen LogP contribution in [0.4, 0.5) is 43.9 Å². The van der Waals surface area contributed by atoms with Crippen LogP contribution in [0.2, 0.25) is 0 Å². The van der Waals surface area contributed by atoms with Gasteiger partial charge in [-0.2, -0.15) is 43.9 Å². The second kappa shape index (κ2) is 32.2. The lowest BCUT2D eigenvalue weighted by molar-refractivity contribution is -0.299. The molecule has 14 nitrogen and oxygen atoms in total. The maximum atomic E-state index is 13.5. The Hall–Kier alpha value is -2.52. The van der Waals surface area contributed by atoms with E-state index < -0.39 is 87.7 Å². The van der Waals surface area contributed by atoms with Crippen LogP contribution in [-0.2, 0) is 66.4 Å². The van der Waals surface area contributed by atoms with Crippen molar-refractivity contribution in [3.8, 4) is 0 Å². The minimum Gasteiger partial charge on any atom is -0.460 e. The molecule has 360 valence electrons. The number of carbonyl (C=O) groups is 2. The zero-order valence-electron chi connectivity index (χ0n) is 34.4. The summed E-state index contributed by atoms with van der Waals surface area (Å²) in [6.45, 7) is 5.80. The summed E-state index contributed by atoms with van der Waals surface area (Å²) in [6.07, 6.45) is -13.9. The fourth-order valence-corrected chi connectivity index (χ4v) is 4.38. The first-order chi connectivity index (χ1) is 28.5. The van der Waals surface area contributed by atoms with Gasteiger partial charge in [0.25, 0.3) is 0 Å². The van der Waals surface area contributed by atoms with Crippen molar-refractivity contribution in [3.63, 3.8) is 0 Å². The van der Waals surface area contributed by atoms with Gasteiger partial charge in [-0.05, 0) is 46.1 Å². The maximum absolute atomic E-state index is 13.5. The van der Waals surface area contributed by atoms with Crippen LogP contribution in [0.1, 0.15) is 52.9 Å². The smallest absolute Gasteiger partial charge is 0.455 e. The first-order valence-electron chi connectivity index (χ1n) is 19.0. The number of hydrogen-bond donors (Lipinski definition) is 0. The van der Waals surface area contributed by atoms with E-state index in [1.165, 1.54) is 13.8 Å². The topological polar surface area (TPSA) is 145 Å². The van der Waals surface area contributed by atoms with E-state index in [-0.39, 0.29) is 97.7 Å². The second-order valence-electron chi connectivity index (χ2n) is 12.8. The van der Waals surface area contributed by atoms with E-state index in [1.54, 1.807) is 6.92 Å². The molecule has 0 rings (SSSR count). The van der Waals surface area contributed by atoms with E-state index in [0.29, 0.717) is 6.42 Å². The number of esters is 1. The van der Waals surface area contributed by atoms with Crippen LogP contribution >= 0.6 is 0 Å². The predicted molar refractivity (Wildman–Crippen MR) is 193 cm³/mol. The maximum Gasteiger partial charge on any atom is 0.455 e. The Kier molecular flexibility index (Phi) is 30.9. The fourth-order valence-electron chi connectivity index (χ4n) is 4.38. The minimum atomic E-state index is -5.86. The van der Waals surface area contributed by atoms with Crippen LogP contribution in [0.15, 0.2) is 25.3 Å². The molecular weight excluding hydrogens is 858 g/mol. The van der Waals surface area contributed by atoms with Gasteiger partial charge in [0.2, 0.25) is 0 Å². The molecule has 0 amide bonds.